The van der Waals surface area contributed by atoms with Gasteiger partial charge in [0, 0.05) is 27.4 Å². The average molecular weight is 485 g/mol. The number of carbonyl (C=O) groups excluding carboxylic acids is 1. The van der Waals surface area contributed by atoms with Gasteiger partial charge in [0.2, 0.25) is 0 Å². The molecule has 0 amide bonds. The van der Waals surface area contributed by atoms with E-state index in [9.17, 15) is 13.2 Å². The molecule has 5 nitrogen and oxygen atoms in total. The molecule has 0 fully saturated rings. The van der Waals surface area contributed by atoms with Gasteiger partial charge in [-0.05, 0) is 55.5 Å². The monoisotopic (exact) mass is 484 g/mol. The Hall–Kier alpha value is -2.93. The van der Waals surface area contributed by atoms with Crippen LogP contribution >= 0.6 is 23.2 Å². The van der Waals surface area contributed by atoms with Crippen molar-refractivity contribution in [1.29, 1.82) is 0 Å². The molecule has 0 saturated heterocycles. The molecule has 0 atom stereocenters. The summed E-state index contributed by atoms with van der Waals surface area (Å²) < 4.78 is 25.4. The van der Waals surface area contributed by atoms with E-state index in [2.05, 4.69) is 0 Å². The van der Waals surface area contributed by atoms with Gasteiger partial charge in [-0.25, -0.2) is 13.1 Å². The topological polar surface area (TPSA) is 69.0 Å². The van der Waals surface area contributed by atoms with Crippen LogP contribution in [0.2, 0.25) is 10.0 Å². The fourth-order valence-electron chi connectivity index (χ4n) is 3.46. The number of aromatic nitrogens is 2. The number of ketones is 1. The van der Waals surface area contributed by atoms with E-state index in [-0.39, 0.29) is 10.7 Å². The Morgan fingerprint density at radius 1 is 0.812 bits per heavy atom. The van der Waals surface area contributed by atoms with Crippen molar-refractivity contribution in [2.24, 2.45) is 0 Å². The van der Waals surface area contributed by atoms with Gasteiger partial charge in [-0.15, -0.1) is 0 Å². The van der Waals surface area contributed by atoms with Crippen LogP contribution in [-0.2, 0) is 9.84 Å². The van der Waals surface area contributed by atoms with Gasteiger partial charge in [-0.2, -0.15) is 5.10 Å². The Morgan fingerprint density at radius 3 is 1.78 bits per heavy atom. The number of sulfone groups is 1. The van der Waals surface area contributed by atoms with E-state index in [0.717, 1.165) is 17.4 Å². The third-order valence-corrected chi connectivity index (χ3v) is 6.61. The van der Waals surface area contributed by atoms with Crippen molar-refractivity contribution in [3.63, 3.8) is 0 Å². The van der Waals surface area contributed by atoms with Crippen LogP contribution in [0.25, 0.3) is 28.2 Å². The molecule has 0 N–H and O–H groups in total. The van der Waals surface area contributed by atoms with Gasteiger partial charge in [-0.1, -0.05) is 47.5 Å². The van der Waals surface area contributed by atoms with Crippen LogP contribution in [-0.4, -0.2) is 30.2 Å². The Balaban J connectivity index is 2.01. The molecule has 0 aliphatic carbocycles. The highest BCUT2D eigenvalue weighted by Crippen LogP contribution is 2.35. The molecular formula is C24H18Cl2N2O3S. The van der Waals surface area contributed by atoms with Crippen LogP contribution in [0.1, 0.15) is 17.3 Å². The Morgan fingerprint density at radius 2 is 1.31 bits per heavy atom. The lowest BCUT2D eigenvalue weighted by Crippen LogP contribution is -2.03. The van der Waals surface area contributed by atoms with Gasteiger partial charge < -0.3 is 0 Å². The third-order valence-electron chi connectivity index (χ3n) is 4.98. The largest absolute Gasteiger partial charge is 0.294 e. The second-order valence-corrected chi connectivity index (χ2v) is 10.2. The molecule has 0 aliphatic rings. The van der Waals surface area contributed by atoms with Crippen molar-refractivity contribution < 1.29 is 13.2 Å². The zero-order chi connectivity index (χ0) is 23.0. The van der Waals surface area contributed by atoms with Crippen molar-refractivity contribution in [3.8, 4) is 28.2 Å². The molecule has 0 saturated carbocycles. The highest BCUT2D eigenvalue weighted by atomic mass is 35.5. The van der Waals surface area contributed by atoms with Gasteiger partial charge in [0.1, 0.15) is 5.69 Å². The first kappa shape index (κ1) is 22.3. The summed E-state index contributed by atoms with van der Waals surface area (Å²) in [6, 6.07) is 20.6. The quantitative estimate of drug-likeness (QED) is 0.320. The normalized spacial score (nSPS) is 11.5. The average Bonchev–Trinajstić information content (AvgIpc) is 3.15. The van der Waals surface area contributed by atoms with E-state index in [4.69, 9.17) is 28.3 Å². The molecule has 0 radical (unpaired) electrons. The predicted molar refractivity (Wildman–Crippen MR) is 128 cm³/mol. The molecular weight excluding hydrogens is 467 g/mol. The van der Waals surface area contributed by atoms with Crippen molar-refractivity contribution in [2.75, 3.05) is 6.26 Å². The highest BCUT2D eigenvalue weighted by Gasteiger charge is 2.24. The number of hydrogen-bond acceptors (Lipinski definition) is 4. The summed E-state index contributed by atoms with van der Waals surface area (Å²) in [5, 5.41) is 5.91. The van der Waals surface area contributed by atoms with Crippen LogP contribution in [0.4, 0.5) is 0 Å². The molecule has 32 heavy (non-hydrogen) atoms. The van der Waals surface area contributed by atoms with Crippen LogP contribution < -0.4 is 0 Å². The maximum Gasteiger partial charge on any atom is 0.175 e. The molecule has 1 aromatic heterocycles. The van der Waals surface area contributed by atoms with Gasteiger partial charge in [0.05, 0.1) is 21.8 Å². The number of carbonyl (C=O) groups is 1. The van der Waals surface area contributed by atoms with Gasteiger partial charge >= 0.3 is 0 Å². The second kappa shape index (κ2) is 8.54. The fraction of sp³-hybridized carbons (Fsp3) is 0.0833. The maximum absolute atomic E-state index is 12.8. The number of benzene rings is 3. The minimum absolute atomic E-state index is 0.154. The van der Waals surface area contributed by atoms with E-state index in [0.29, 0.717) is 32.7 Å². The number of nitrogens with zero attached hydrogens (tertiary/aromatic N) is 2. The molecule has 3 aromatic carbocycles. The van der Waals surface area contributed by atoms with E-state index in [1.807, 2.05) is 12.1 Å². The van der Waals surface area contributed by atoms with Crippen molar-refractivity contribution in [1.82, 2.24) is 9.78 Å². The SMILES string of the molecule is CC(=O)c1c(-c2ccc(Cl)cc2)nn(-c2ccc(S(C)(=O)=O)cc2)c1-c1ccc(Cl)cc1. The lowest BCUT2D eigenvalue weighted by atomic mass is 9.99. The summed E-state index contributed by atoms with van der Waals surface area (Å²) in [4.78, 5) is 13.0. The minimum Gasteiger partial charge on any atom is -0.294 e. The number of halogens is 2. The van der Waals surface area contributed by atoms with Crippen LogP contribution in [0, 0.1) is 0 Å². The summed E-state index contributed by atoms with van der Waals surface area (Å²) >= 11 is 12.1. The third kappa shape index (κ3) is 4.35. The Kier molecular flexibility index (Phi) is 5.95. The first-order valence-corrected chi connectivity index (χ1v) is 12.3. The van der Waals surface area contributed by atoms with Crippen molar-refractivity contribution in [3.05, 3.63) is 88.4 Å². The van der Waals surface area contributed by atoms with E-state index in [1.54, 1.807) is 53.2 Å². The first-order valence-electron chi connectivity index (χ1n) is 9.61. The molecule has 8 heteroatoms. The summed E-state index contributed by atoms with van der Waals surface area (Å²) in [6.45, 7) is 1.49. The summed E-state index contributed by atoms with van der Waals surface area (Å²) in [7, 11) is -3.34. The van der Waals surface area contributed by atoms with Crippen LogP contribution in [0.15, 0.2) is 77.7 Å². The van der Waals surface area contributed by atoms with E-state index in [1.165, 1.54) is 19.1 Å². The molecule has 0 aliphatic heterocycles. The van der Waals surface area contributed by atoms with Crippen LogP contribution in [0.3, 0.4) is 0 Å². The maximum atomic E-state index is 12.8. The predicted octanol–water partition coefficient (Wildman–Crippen LogP) is 6.12. The molecule has 4 rings (SSSR count). The zero-order valence-corrected chi connectivity index (χ0v) is 19.5. The smallest absolute Gasteiger partial charge is 0.175 e. The molecule has 0 spiro atoms. The summed E-state index contributed by atoms with van der Waals surface area (Å²) in [6.07, 6.45) is 1.15. The summed E-state index contributed by atoms with van der Waals surface area (Å²) in [5.74, 6) is -0.154. The second-order valence-electron chi connectivity index (χ2n) is 7.32. The standard InChI is InChI=1S/C24H18Cl2N2O3S/c1-15(29)22-23(16-3-7-18(25)8-4-16)27-28(24(22)17-5-9-19(26)10-6-17)20-11-13-21(14-12-20)32(2,30)31/h3-14H,1-2H3. The Labute approximate surface area is 196 Å². The van der Waals surface area contributed by atoms with E-state index >= 15 is 0 Å². The molecule has 0 bridgehead atoms. The molecule has 162 valence electrons. The highest BCUT2D eigenvalue weighted by molar-refractivity contribution is 7.90. The fourth-order valence-corrected chi connectivity index (χ4v) is 4.34. The van der Waals surface area contributed by atoms with Crippen molar-refractivity contribution in [2.45, 2.75) is 11.8 Å². The van der Waals surface area contributed by atoms with E-state index < -0.39 is 9.84 Å². The molecule has 0 unspecified atom stereocenters. The lowest BCUT2D eigenvalue weighted by molar-refractivity contribution is 0.101. The molecule has 4 aromatic rings. The van der Waals surface area contributed by atoms with Crippen molar-refractivity contribution >= 4 is 38.8 Å². The first-order chi connectivity index (χ1) is 15.1. The lowest BCUT2D eigenvalue weighted by Gasteiger charge is -2.10. The van der Waals surface area contributed by atoms with Crippen LogP contribution in [0.5, 0.6) is 0 Å². The number of rotatable bonds is 5. The number of hydrogen-bond donors (Lipinski definition) is 0. The zero-order valence-electron chi connectivity index (χ0n) is 17.2. The summed E-state index contributed by atoms with van der Waals surface area (Å²) in [5.41, 5.74) is 3.64. The number of Topliss-reactive ketones (excluding diaryl/α,β-unsaturated/α-hetero) is 1. The molecule has 1 heterocycles. The van der Waals surface area contributed by atoms with Gasteiger partial charge in [0.25, 0.3) is 0 Å². The Bertz CT molecular complexity index is 1410. The minimum atomic E-state index is -3.34. The van der Waals surface area contributed by atoms with Gasteiger partial charge in [0.15, 0.2) is 15.6 Å². The van der Waals surface area contributed by atoms with Gasteiger partial charge in [-0.3, -0.25) is 4.79 Å².